The number of methoxy groups -OCH3 is 1. The van der Waals surface area contributed by atoms with Crippen LogP contribution in [0.4, 0.5) is 5.69 Å². The molecule has 0 saturated carbocycles. The SMILES string of the molecule is COc1ccc(C=C2C(=O)NC(=S)N(c3ccc(Br)cc3)C2=O)cc1C. The number of thiocarbonyl (C=S) groups is 1. The molecule has 1 heterocycles. The molecule has 7 heteroatoms. The van der Waals surface area contributed by atoms with E-state index in [2.05, 4.69) is 21.2 Å². The van der Waals surface area contributed by atoms with Crippen LogP contribution in [0.5, 0.6) is 5.75 Å². The van der Waals surface area contributed by atoms with Crippen LogP contribution in [0.15, 0.2) is 52.5 Å². The van der Waals surface area contributed by atoms with Gasteiger partial charge in [-0.25, -0.2) is 0 Å². The lowest BCUT2D eigenvalue weighted by atomic mass is 10.0. The number of nitrogens with one attached hydrogen (secondary N) is 1. The Kier molecular flexibility index (Phi) is 5.20. The highest BCUT2D eigenvalue weighted by Gasteiger charge is 2.34. The van der Waals surface area contributed by atoms with Gasteiger partial charge in [-0.3, -0.25) is 19.8 Å². The first-order chi connectivity index (χ1) is 12.4. The van der Waals surface area contributed by atoms with Gasteiger partial charge in [0.05, 0.1) is 12.8 Å². The quantitative estimate of drug-likeness (QED) is 0.459. The minimum Gasteiger partial charge on any atom is -0.496 e. The summed E-state index contributed by atoms with van der Waals surface area (Å²) in [4.78, 5) is 26.5. The molecule has 2 amide bonds. The first kappa shape index (κ1) is 18.3. The van der Waals surface area contributed by atoms with E-state index >= 15 is 0 Å². The molecule has 1 N–H and O–H groups in total. The molecule has 1 aliphatic heterocycles. The fourth-order valence-corrected chi connectivity index (χ4v) is 3.19. The van der Waals surface area contributed by atoms with Gasteiger partial charge in [-0.05, 0) is 72.7 Å². The van der Waals surface area contributed by atoms with Crippen molar-refractivity contribution >= 4 is 56.8 Å². The van der Waals surface area contributed by atoms with Crippen LogP contribution in [-0.4, -0.2) is 24.0 Å². The highest BCUT2D eigenvalue weighted by molar-refractivity contribution is 9.10. The molecule has 0 atom stereocenters. The third-order valence-corrected chi connectivity index (χ3v) is 4.73. The number of hydrogen-bond donors (Lipinski definition) is 1. The van der Waals surface area contributed by atoms with Gasteiger partial charge in [0.1, 0.15) is 11.3 Å². The highest BCUT2D eigenvalue weighted by Crippen LogP contribution is 2.25. The molecular formula is C19H15BrN2O3S. The second-order valence-electron chi connectivity index (χ2n) is 5.66. The van der Waals surface area contributed by atoms with Crippen LogP contribution in [0.1, 0.15) is 11.1 Å². The van der Waals surface area contributed by atoms with Crippen molar-refractivity contribution in [1.82, 2.24) is 5.32 Å². The van der Waals surface area contributed by atoms with Crippen molar-refractivity contribution in [2.24, 2.45) is 0 Å². The normalized spacial score (nSPS) is 16.0. The molecule has 3 rings (SSSR count). The monoisotopic (exact) mass is 430 g/mol. The highest BCUT2D eigenvalue weighted by atomic mass is 79.9. The van der Waals surface area contributed by atoms with Gasteiger partial charge in [0.2, 0.25) is 0 Å². The van der Waals surface area contributed by atoms with Gasteiger partial charge in [-0.2, -0.15) is 0 Å². The standard InChI is InChI=1S/C19H15BrN2O3S/c1-11-9-12(3-8-16(11)25-2)10-15-17(23)21-19(26)22(18(15)24)14-6-4-13(20)5-7-14/h3-10H,1-2H3,(H,21,23,26). The fourth-order valence-electron chi connectivity index (χ4n) is 2.64. The summed E-state index contributed by atoms with van der Waals surface area (Å²) >= 11 is 8.54. The number of carbonyl (C=O) groups is 2. The molecular weight excluding hydrogens is 416 g/mol. The van der Waals surface area contributed by atoms with E-state index in [1.165, 1.54) is 4.90 Å². The Labute approximate surface area is 164 Å². The Morgan fingerprint density at radius 3 is 2.46 bits per heavy atom. The van der Waals surface area contributed by atoms with Crippen molar-refractivity contribution in [2.75, 3.05) is 12.0 Å². The number of amides is 2. The molecule has 0 radical (unpaired) electrons. The average molecular weight is 431 g/mol. The Morgan fingerprint density at radius 1 is 1.15 bits per heavy atom. The van der Waals surface area contributed by atoms with Gasteiger partial charge >= 0.3 is 0 Å². The number of nitrogens with zero attached hydrogens (tertiary/aromatic N) is 1. The smallest absolute Gasteiger partial charge is 0.270 e. The molecule has 26 heavy (non-hydrogen) atoms. The molecule has 1 fully saturated rings. The van der Waals surface area contributed by atoms with Crippen molar-refractivity contribution in [3.63, 3.8) is 0 Å². The molecule has 0 bridgehead atoms. The maximum Gasteiger partial charge on any atom is 0.270 e. The number of anilines is 1. The number of hydrogen-bond acceptors (Lipinski definition) is 4. The number of carbonyl (C=O) groups excluding carboxylic acids is 2. The lowest BCUT2D eigenvalue weighted by molar-refractivity contribution is -0.122. The summed E-state index contributed by atoms with van der Waals surface area (Å²) in [7, 11) is 1.59. The average Bonchev–Trinajstić information content (AvgIpc) is 2.60. The zero-order chi connectivity index (χ0) is 18.8. The van der Waals surface area contributed by atoms with Crippen LogP contribution in [-0.2, 0) is 9.59 Å². The number of rotatable bonds is 3. The lowest BCUT2D eigenvalue weighted by Gasteiger charge is -2.29. The van der Waals surface area contributed by atoms with Crippen molar-refractivity contribution in [1.29, 1.82) is 0 Å². The van der Waals surface area contributed by atoms with E-state index in [9.17, 15) is 9.59 Å². The Bertz CT molecular complexity index is 938. The molecule has 132 valence electrons. The first-order valence-electron chi connectivity index (χ1n) is 7.72. The van der Waals surface area contributed by atoms with Gasteiger partial charge in [-0.15, -0.1) is 0 Å². The van der Waals surface area contributed by atoms with E-state index in [1.54, 1.807) is 49.6 Å². The Morgan fingerprint density at radius 2 is 1.85 bits per heavy atom. The summed E-state index contributed by atoms with van der Waals surface area (Å²) in [6.07, 6.45) is 1.55. The van der Waals surface area contributed by atoms with E-state index in [4.69, 9.17) is 17.0 Å². The maximum atomic E-state index is 12.9. The second kappa shape index (κ2) is 7.39. The van der Waals surface area contributed by atoms with Gasteiger partial charge in [0, 0.05) is 4.47 Å². The van der Waals surface area contributed by atoms with Crippen LogP contribution < -0.4 is 15.0 Å². The minimum atomic E-state index is -0.512. The number of halogens is 1. The fraction of sp³-hybridized carbons (Fsp3) is 0.105. The summed E-state index contributed by atoms with van der Waals surface area (Å²) in [5.41, 5.74) is 2.24. The molecule has 0 spiro atoms. The van der Waals surface area contributed by atoms with Crippen molar-refractivity contribution in [2.45, 2.75) is 6.92 Å². The summed E-state index contributed by atoms with van der Waals surface area (Å²) in [6.45, 7) is 1.90. The molecule has 0 aromatic heterocycles. The van der Waals surface area contributed by atoms with Crippen molar-refractivity contribution in [3.8, 4) is 5.75 Å². The number of ether oxygens (including phenoxy) is 1. The minimum absolute atomic E-state index is 0.0195. The molecule has 1 saturated heterocycles. The largest absolute Gasteiger partial charge is 0.496 e. The number of aryl methyl sites for hydroxylation is 1. The van der Waals surface area contributed by atoms with Gasteiger partial charge in [-0.1, -0.05) is 22.0 Å². The summed E-state index contributed by atoms with van der Waals surface area (Å²) < 4.78 is 6.11. The van der Waals surface area contributed by atoms with Gasteiger partial charge in [0.15, 0.2) is 5.11 Å². The molecule has 2 aromatic rings. The van der Waals surface area contributed by atoms with Crippen LogP contribution in [0.25, 0.3) is 6.08 Å². The van der Waals surface area contributed by atoms with Crippen molar-refractivity contribution < 1.29 is 14.3 Å². The van der Waals surface area contributed by atoms with E-state index in [1.807, 2.05) is 13.0 Å². The van der Waals surface area contributed by atoms with E-state index in [0.717, 1.165) is 21.3 Å². The third kappa shape index (κ3) is 3.54. The van der Waals surface area contributed by atoms with Crippen molar-refractivity contribution in [3.05, 3.63) is 63.6 Å². The lowest BCUT2D eigenvalue weighted by Crippen LogP contribution is -2.54. The van der Waals surface area contributed by atoms with Crippen LogP contribution in [0.2, 0.25) is 0 Å². The zero-order valence-corrected chi connectivity index (χ0v) is 16.5. The topological polar surface area (TPSA) is 58.6 Å². The predicted molar refractivity (Wildman–Crippen MR) is 108 cm³/mol. The van der Waals surface area contributed by atoms with Gasteiger partial charge in [0.25, 0.3) is 11.8 Å². The molecule has 1 aliphatic rings. The van der Waals surface area contributed by atoms with Gasteiger partial charge < -0.3 is 4.74 Å². The predicted octanol–water partition coefficient (Wildman–Crippen LogP) is 3.60. The zero-order valence-electron chi connectivity index (χ0n) is 14.1. The Hall–Kier alpha value is -2.51. The van der Waals surface area contributed by atoms with E-state index in [0.29, 0.717) is 5.69 Å². The summed E-state index contributed by atoms with van der Waals surface area (Å²) in [5.74, 6) is -0.236. The maximum absolute atomic E-state index is 12.9. The molecule has 0 unspecified atom stereocenters. The van der Waals surface area contributed by atoms with Crippen LogP contribution in [0, 0.1) is 6.92 Å². The van der Waals surface area contributed by atoms with E-state index < -0.39 is 11.8 Å². The van der Waals surface area contributed by atoms with E-state index in [-0.39, 0.29) is 10.7 Å². The van der Waals surface area contributed by atoms with Crippen LogP contribution >= 0.6 is 28.1 Å². The molecule has 0 aliphatic carbocycles. The second-order valence-corrected chi connectivity index (χ2v) is 6.97. The van der Waals surface area contributed by atoms with Crippen LogP contribution in [0.3, 0.4) is 0 Å². The summed E-state index contributed by atoms with van der Waals surface area (Å²) in [6, 6.07) is 12.5. The first-order valence-corrected chi connectivity index (χ1v) is 8.92. The Balaban J connectivity index is 1.99. The number of benzene rings is 2. The molecule has 5 nitrogen and oxygen atoms in total. The summed E-state index contributed by atoms with van der Waals surface area (Å²) in [5, 5.41) is 2.63. The third-order valence-electron chi connectivity index (χ3n) is 3.92. The molecule has 2 aromatic carbocycles.